The molecule has 0 amide bonds. The van der Waals surface area contributed by atoms with Crippen molar-refractivity contribution in [3.8, 4) is 11.8 Å². The number of aliphatic hydroxyl groups is 1. The molecule has 1 saturated carbocycles. The Bertz CT molecular complexity index is 963. The number of piperidine rings is 2. The zero-order chi connectivity index (χ0) is 20.8. The molecule has 4 nitrogen and oxygen atoms in total. The number of para-hydroxylation sites is 1. The number of rotatable bonds is 3. The normalized spacial score (nSPS) is 27.1. The van der Waals surface area contributed by atoms with Gasteiger partial charge in [0.15, 0.2) is 11.3 Å². The van der Waals surface area contributed by atoms with Gasteiger partial charge in [0.05, 0.1) is 16.6 Å². The van der Waals surface area contributed by atoms with Crippen LogP contribution in [0.4, 0.5) is 23.2 Å². The molecular weight excluding hydrogens is 408 g/mol. The van der Waals surface area contributed by atoms with Crippen LogP contribution in [0.2, 0.25) is 0 Å². The molecule has 5 rings (SSSR count). The first-order chi connectivity index (χ1) is 13.8. The largest absolute Gasteiger partial charge is 0.446 e. The van der Waals surface area contributed by atoms with E-state index < -0.39 is 24.3 Å². The Balaban J connectivity index is 1.72. The summed E-state index contributed by atoms with van der Waals surface area (Å²) in [4.78, 5) is 1.88. The highest BCUT2D eigenvalue weighted by Gasteiger charge is 2.47. The Hall–Kier alpha value is -1.89. The van der Waals surface area contributed by atoms with E-state index in [0.29, 0.717) is 5.69 Å². The highest BCUT2D eigenvalue weighted by molar-refractivity contribution is 8.00. The van der Waals surface area contributed by atoms with Crippen LogP contribution in [0, 0.1) is 17.8 Å². The van der Waals surface area contributed by atoms with Gasteiger partial charge in [0.1, 0.15) is 12.8 Å². The van der Waals surface area contributed by atoms with E-state index in [-0.39, 0.29) is 45.3 Å². The van der Waals surface area contributed by atoms with Crippen LogP contribution in [0.15, 0.2) is 27.5 Å². The molecule has 1 aliphatic carbocycles. The molecule has 3 aliphatic rings. The van der Waals surface area contributed by atoms with Crippen molar-refractivity contribution in [3.63, 3.8) is 0 Å². The number of alkyl halides is 4. The summed E-state index contributed by atoms with van der Waals surface area (Å²) in [5, 5.41) is 12.4. The number of anilines is 1. The topological polar surface area (TPSA) is 48.6 Å². The summed E-state index contributed by atoms with van der Waals surface area (Å²) in [6.07, 6.45) is 0.637. The van der Waals surface area contributed by atoms with E-state index in [1.54, 1.807) is 12.1 Å². The third-order valence-corrected chi connectivity index (χ3v) is 6.47. The molecule has 0 radical (unpaired) electrons. The number of halogens is 4. The molecule has 1 aromatic carbocycles. The van der Waals surface area contributed by atoms with Crippen molar-refractivity contribution in [1.82, 2.24) is 4.90 Å². The Morgan fingerprint density at radius 3 is 2.79 bits per heavy atom. The van der Waals surface area contributed by atoms with Gasteiger partial charge in [0.2, 0.25) is 0 Å². The molecule has 9 heteroatoms. The van der Waals surface area contributed by atoms with Gasteiger partial charge in [-0.3, -0.25) is 0 Å². The predicted molar refractivity (Wildman–Crippen MR) is 104 cm³/mol. The number of nitrogens with one attached hydrogen (secondary N) is 1. The van der Waals surface area contributed by atoms with Crippen molar-refractivity contribution >= 4 is 28.4 Å². The van der Waals surface area contributed by atoms with Gasteiger partial charge >= 0.3 is 5.51 Å². The van der Waals surface area contributed by atoms with Gasteiger partial charge < -0.3 is 19.7 Å². The van der Waals surface area contributed by atoms with Crippen molar-refractivity contribution in [1.29, 1.82) is 0 Å². The monoisotopic (exact) mass is 428 g/mol. The Labute approximate surface area is 169 Å². The van der Waals surface area contributed by atoms with E-state index in [0.717, 1.165) is 19.4 Å². The Kier molecular flexibility index (Phi) is 5.44. The number of furan rings is 1. The zero-order valence-corrected chi connectivity index (χ0v) is 16.4. The molecule has 3 fully saturated rings. The van der Waals surface area contributed by atoms with Crippen molar-refractivity contribution in [2.45, 2.75) is 41.5 Å². The van der Waals surface area contributed by atoms with Crippen molar-refractivity contribution < 1.29 is 27.1 Å². The predicted octanol–water partition coefficient (Wildman–Crippen LogP) is 4.23. The molecule has 0 spiro atoms. The van der Waals surface area contributed by atoms with Gasteiger partial charge in [0, 0.05) is 18.0 Å². The first-order valence-corrected chi connectivity index (χ1v) is 10.1. The van der Waals surface area contributed by atoms with E-state index in [2.05, 4.69) is 17.2 Å². The maximum absolute atomic E-state index is 15.0. The van der Waals surface area contributed by atoms with E-state index in [1.165, 1.54) is 6.07 Å². The highest BCUT2D eigenvalue weighted by Crippen LogP contribution is 2.45. The SMILES string of the molecule is CN1CC2CC[C@@H]1[C@H](F)[C@@H]2Nc1cccc2c(SC(F)(F)F)c(C#CCO)oc12. The Morgan fingerprint density at radius 2 is 2.14 bits per heavy atom. The minimum Gasteiger partial charge on any atom is -0.444 e. The van der Waals surface area contributed by atoms with Gasteiger partial charge in [0.25, 0.3) is 0 Å². The number of benzene rings is 1. The van der Waals surface area contributed by atoms with Crippen LogP contribution in [0.25, 0.3) is 11.0 Å². The fraction of sp³-hybridized carbons (Fsp3) is 0.500. The molecule has 1 aromatic heterocycles. The average molecular weight is 428 g/mol. The molecule has 2 aliphatic heterocycles. The lowest BCUT2D eigenvalue weighted by molar-refractivity contribution is -0.0328. The fourth-order valence-electron chi connectivity index (χ4n) is 4.40. The highest BCUT2D eigenvalue weighted by atomic mass is 32.2. The summed E-state index contributed by atoms with van der Waals surface area (Å²) in [5.41, 5.74) is -3.86. The van der Waals surface area contributed by atoms with Crippen LogP contribution < -0.4 is 5.32 Å². The minimum atomic E-state index is -4.52. The van der Waals surface area contributed by atoms with Crippen LogP contribution in [-0.2, 0) is 0 Å². The van der Waals surface area contributed by atoms with Gasteiger partial charge in [-0.25, -0.2) is 4.39 Å². The molecule has 2 N–H and O–H groups in total. The molecule has 1 unspecified atom stereocenters. The zero-order valence-electron chi connectivity index (χ0n) is 15.6. The maximum atomic E-state index is 15.0. The number of thioether (sulfide) groups is 1. The van der Waals surface area contributed by atoms with Crippen LogP contribution in [0.5, 0.6) is 0 Å². The lowest BCUT2D eigenvalue weighted by atomic mass is 9.75. The molecule has 2 saturated heterocycles. The molecule has 4 atom stereocenters. The summed E-state index contributed by atoms with van der Waals surface area (Å²) in [6.45, 7) is 0.278. The first-order valence-electron chi connectivity index (χ1n) is 9.30. The summed E-state index contributed by atoms with van der Waals surface area (Å²) < 4.78 is 59.9. The minimum absolute atomic E-state index is 0.114. The van der Waals surface area contributed by atoms with Crippen molar-refractivity contribution in [2.24, 2.45) is 5.92 Å². The van der Waals surface area contributed by atoms with Gasteiger partial charge in [-0.2, -0.15) is 13.2 Å². The lowest BCUT2D eigenvalue weighted by Gasteiger charge is -2.50. The summed E-state index contributed by atoms with van der Waals surface area (Å²) >= 11 is -0.305. The quantitative estimate of drug-likeness (QED) is 0.435. The average Bonchev–Trinajstić information content (AvgIpc) is 2.99. The second-order valence-corrected chi connectivity index (χ2v) is 8.48. The van der Waals surface area contributed by atoms with Crippen LogP contribution in [-0.4, -0.2) is 54.0 Å². The first kappa shape index (κ1) is 20.4. The third-order valence-electron chi connectivity index (χ3n) is 5.63. The van der Waals surface area contributed by atoms with Gasteiger partial charge in [-0.15, -0.1) is 0 Å². The van der Waals surface area contributed by atoms with Gasteiger partial charge in [-0.05, 0) is 55.6 Å². The van der Waals surface area contributed by atoms with Crippen molar-refractivity contribution in [2.75, 3.05) is 25.5 Å². The second-order valence-electron chi connectivity index (χ2n) is 7.41. The maximum Gasteiger partial charge on any atom is 0.446 e. The number of hydrogen-bond donors (Lipinski definition) is 2. The molecule has 3 heterocycles. The van der Waals surface area contributed by atoms with Crippen molar-refractivity contribution in [3.05, 3.63) is 24.0 Å². The second kappa shape index (κ2) is 7.74. The van der Waals surface area contributed by atoms with Crippen LogP contribution >= 0.6 is 11.8 Å². The smallest absolute Gasteiger partial charge is 0.444 e. The van der Waals surface area contributed by atoms with E-state index in [9.17, 15) is 13.2 Å². The standard InChI is InChI=1S/C20H20F4N2O2S/c1-26-10-11-7-8-14(26)16(21)17(11)25-13-5-2-4-12-18(13)28-15(6-3-9-27)19(12)29-20(22,23)24/h2,4-5,11,14,16-17,25,27H,7-10H2,1H3/t11?,14-,16+,17-/m1/s1. The summed E-state index contributed by atoms with van der Waals surface area (Å²) in [5.74, 6) is 4.74. The Morgan fingerprint density at radius 1 is 1.34 bits per heavy atom. The number of aliphatic hydroxyl groups excluding tert-OH is 1. The molecule has 2 bridgehead atoms. The van der Waals surface area contributed by atoms with Gasteiger partial charge in [-0.1, -0.05) is 12.0 Å². The van der Waals surface area contributed by atoms with E-state index in [4.69, 9.17) is 9.52 Å². The molecule has 156 valence electrons. The number of fused-ring (bicyclic) bond motifs is 4. The lowest BCUT2D eigenvalue weighted by Crippen LogP contribution is -2.62. The number of nitrogens with zero attached hydrogens (tertiary/aromatic N) is 1. The summed E-state index contributed by atoms with van der Waals surface area (Å²) in [7, 11) is 1.92. The van der Waals surface area contributed by atoms with Crippen LogP contribution in [0.1, 0.15) is 18.6 Å². The molecule has 29 heavy (non-hydrogen) atoms. The summed E-state index contributed by atoms with van der Waals surface area (Å²) in [6, 6.07) is 4.23. The molecular formula is C20H20F4N2O2S. The fourth-order valence-corrected chi connectivity index (χ4v) is 5.09. The van der Waals surface area contributed by atoms with E-state index >= 15 is 4.39 Å². The van der Waals surface area contributed by atoms with E-state index in [1.807, 2.05) is 11.9 Å². The third kappa shape index (κ3) is 3.93. The van der Waals surface area contributed by atoms with Crippen LogP contribution in [0.3, 0.4) is 0 Å². The number of hydrogen-bond acceptors (Lipinski definition) is 5. The molecule has 2 aromatic rings.